The molecule has 1 amide bonds. The minimum Gasteiger partial charge on any atom is -0.493 e. The lowest BCUT2D eigenvalue weighted by Gasteiger charge is -2.28. The molecular formula is C19H28ClNO4S. The van der Waals surface area contributed by atoms with E-state index in [1.807, 2.05) is 19.1 Å². The highest BCUT2D eigenvalue weighted by Crippen LogP contribution is 2.22. The first-order valence-electron chi connectivity index (χ1n) is 9.21. The van der Waals surface area contributed by atoms with Crippen LogP contribution in [0.4, 0.5) is 0 Å². The van der Waals surface area contributed by atoms with Crippen LogP contribution in [0.15, 0.2) is 18.2 Å². The molecule has 0 saturated carbocycles. The molecule has 1 aliphatic rings. The molecule has 1 heterocycles. The maximum absolute atomic E-state index is 12.6. The first-order valence-corrected chi connectivity index (χ1v) is 11.4. The molecule has 2 rings (SSSR count). The first kappa shape index (κ1) is 21.0. The SMILES string of the molecule is CCCCN(C(=O)CCCOc1ccc(Cl)cc1C)C1CCS(=O)(=O)C1. The van der Waals surface area contributed by atoms with Crippen molar-refractivity contribution in [3.8, 4) is 5.75 Å². The van der Waals surface area contributed by atoms with Gasteiger partial charge in [-0.2, -0.15) is 0 Å². The van der Waals surface area contributed by atoms with Gasteiger partial charge in [-0.25, -0.2) is 8.42 Å². The van der Waals surface area contributed by atoms with E-state index < -0.39 is 9.84 Å². The smallest absolute Gasteiger partial charge is 0.222 e. The van der Waals surface area contributed by atoms with Gasteiger partial charge in [0.1, 0.15) is 5.75 Å². The van der Waals surface area contributed by atoms with Crippen LogP contribution < -0.4 is 4.74 Å². The normalized spacial score (nSPS) is 18.7. The second-order valence-electron chi connectivity index (χ2n) is 6.86. The number of nitrogens with zero attached hydrogens (tertiary/aromatic N) is 1. The van der Waals surface area contributed by atoms with Gasteiger partial charge in [-0.05, 0) is 49.9 Å². The van der Waals surface area contributed by atoms with Gasteiger partial charge in [0.25, 0.3) is 0 Å². The standard InChI is InChI=1S/C19H28ClNO4S/c1-3-4-10-21(17-9-12-26(23,24)14-17)19(22)6-5-11-25-18-8-7-16(20)13-15(18)2/h7-8,13,17H,3-6,9-12,14H2,1-2H3. The Balaban J connectivity index is 1.84. The third kappa shape index (κ3) is 6.16. The summed E-state index contributed by atoms with van der Waals surface area (Å²) >= 11 is 5.93. The molecule has 1 aliphatic heterocycles. The number of ether oxygens (including phenoxy) is 1. The Morgan fingerprint density at radius 2 is 2.12 bits per heavy atom. The number of sulfone groups is 1. The summed E-state index contributed by atoms with van der Waals surface area (Å²) in [5.41, 5.74) is 0.963. The maximum atomic E-state index is 12.6. The Kier molecular flexibility index (Phi) is 7.77. The fourth-order valence-electron chi connectivity index (χ4n) is 3.18. The number of rotatable bonds is 9. The van der Waals surface area contributed by atoms with Crippen molar-refractivity contribution in [2.45, 2.75) is 52.0 Å². The zero-order valence-corrected chi connectivity index (χ0v) is 17.1. The number of benzene rings is 1. The number of unbranched alkanes of at least 4 members (excludes halogenated alkanes) is 1. The Labute approximate surface area is 161 Å². The van der Waals surface area contributed by atoms with Crippen molar-refractivity contribution in [3.05, 3.63) is 28.8 Å². The number of carbonyl (C=O) groups excluding carboxylic acids is 1. The number of halogens is 1. The molecule has 146 valence electrons. The number of amides is 1. The summed E-state index contributed by atoms with van der Waals surface area (Å²) < 4.78 is 29.2. The fourth-order valence-corrected chi connectivity index (χ4v) is 5.14. The van der Waals surface area contributed by atoms with Crippen molar-refractivity contribution in [1.29, 1.82) is 0 Å². The number of carbonyl (C=O) groups is 1. The average Bonchev–Trinajstić information content (AvgIpc) is 2.93. The molecule has 1 aromatic carbocycles. The van der Waals surface area contributed by atoms with Crippen LogP contribution in [0.1, 0.15) is 44.6 Å². The number of hydrogen-bond donors (Lipinski definition) is 0. The third-order valence-corrected chi connectivity index (χ3v) is 6.64. The van der Waals surface area contributed by atoms with Crippen LogP contribution in [-0.2, 0) is 14.6 Å². The average molecular weight is 402 g/mol. The third-order valence-electron chi connectivity index (χ3n) is 4.65. The maximum Gasteiger partial charge on any atom is 0.222 e. The van der Waals surface area contributed by atoms with E-state index >= 15 is 0 Å². The van der Waals surface area contributed by atoms with E-state index in [0.29, 0.717) is 37.4 Å². The lowest BCUT2D eigenvalue weighted by molar-refractivity contribution is -0.133. The molecule has 1 atom stereocenters. The predicted molar refractivity (Wildman–Crippen MR) is 105 cm³/mol. The minimum atomic E-state index is -3.00. The van der Waals surface area contributed by atoms with Crippen LogP contribution in [-0.4, -0.2) is 49.9 Å². The van der Waals surface area contributed by atoms with Crippen molar-refractivity contribution in [2.24, 2.45) is 0 Å². The summed E-state index contributed by atoms with van der Waals surface area (Å²) in [5, 5.41) is 0.670. The van der Waals surface area contributed by atoms with Crippen LogP contribution >= 0.6 is 11.6 Å². The van der Waals surface area contributed by atoms with Gasteiger partial charge in [-0.15, -0.1) is 0 Å². The molecule has 0 N–H and O–H groups in total. The second kappa shape index (κ2) is 9.60. The van der Waals surface area contributed by atoms with Crippen molar-refractivity contribution in [1.82, 2.24) is 4.90 Å². The van der Waals surface area contributed by atoms with E-state index in [4.69, 9.17) is 16.3 Å². The molecule has 7 heteroatoms. The monoisotopic (exact) mass is 401 g/mol. The van der Waals surface area contributed by atoms with E-state index in [1.165, 1.54) is 0 Å². The molecule has 0 bridgehead atoms. The van der Waals surface area contributed by atoms with E-state index in [2.05, 4.69) is 6.92 Å². The van der Waals surface area contributed by atoms with Crippen LogP contribution in [0.5, 0.6) is 5.75 Å². The van der Waals surface area contributed by atoms with E-state index in [-0.39, 0.29) is 23.5 Å². The van der Waals surface area contributed by atoms with Crippen LogP contribution in [0.25, 0.3) is 0 Å². The van der Waals surface area contributed by atoms with E-state index in [0.717, 1.165) is 24.2 Å². The minimum absolute atomic E-state index is 0.0250. The van der Waals surface area contributed by atoms with Crippen molar-refractivity contribution >= 4 is 27.3 Å². The Morgan fingerprint density at radius 3 is 2.73 bits per heavy atom. The van der Waals surface area contributed by atoms with Crippen LogP contribution in [0.3, 0.4) is 0 Å². The molecule has 0 aliphatic carbocycles. The Hall–Kier alpha value is -1.27. The lowest BCUT2D eigenvalue weighted by atomic mass is 10.1. The largest absolute Gasteiger partial charge is 0.493 e. The summed E-state index contributed by atoms with van der Waals surface area (Å²) in [5.74, 6) is 1.08. The zero-order valence-electron chi connectivity index (χ0n) is 15.5. The topological polar surface area (TPSA) is 63.7 Å². The molecule has 0 radical (unpaired) electrons. The highest BCUT2D eigenvalue weighted by molar-refractivity contribution is 7.91. The van der Waals surface area contributed by atoms with Gasteiger partial charge in [-0.3, -0.25) is 4.79 Å². The molecule has 1 fully saturated rings. The van der Waals surface area contributed by atoms with Crippen LogP contribution in [0, 0.1) is 6.92 Å². The van der Waals surface area contributed by atoms with E-state index in [1.54, 1.807) is 11.0 Å². The fraction of sp³-hybridized carbons (Fsp3) is 0.632. The molecular weight excluding hydrogens is 374 g/mol. The molecule has 1 aromatic rings. The highest BCUT2D eigenvalue weighted by atomic mass is 35.5. The Morgan fingerprint density at radius 1 is 1.35 bits per heavy atom. The van der Waals surface area contributed by atoms with Gasteiger partial charge < -0.3 is 9.64 Å². The summed E-state index contributed by atoms with van der Waals surface area (Å²) in [6.07, 6.45) is 3.39. The second-order valence-corrected chi connectivity index (χ2v) is 9.52. The molecule has 26 heavy (non-hydrogen) atoms. The zero-order chi connectivity index (χ0) is 19.2. The van der Waals surface area contributed by atoms with Crippen molar-refractivity contribution in [2.75, 3.05) is 24.7 Å². The molecule has 0 aromatic heterocycles. The number of hydrogen-bond acceptors (Lipinski definition) is 4. The van der Waals surface area contributed by atoms with Gasteiger partial charge in [0, 0.05) is 24.0 Å². The van der Waals surface area contributed by atoms with Gasteiger partial charge in [0.2, 0.25) is 5.91 Å². The van der Waals surface area contributed by atoms with Gasteiger partial charge in [0.15, 0.2) is 9.84 Å². The molecule has 5 nitrogen and oxygen atoms in total. The summed E-state index contributed by atoms with van der Waals surface area (Å²) in [7, 11) is -3.00. The van der Waals surface area contributed by atoms with Crippen LogP contribution in [0.2, 0.25) is 5.02 Å². The summed E-state index contributed by atoms with van der Waals surface area (Å²) in [6, 6.07) is 5.28. The highest BCUT2D eigenvalue weighted by Gasteiger charge is 2.34. The summed E-state index contributed by atoms with van der Waals surface area (Å²) in [4.78, 5) is 14.4. The molecule has 1 unspecified atom stereocenters. The predicted octanol–water partition coefficient (Wildman–Crippen LogP) is 3.62. The van der Waals surface area contributed by atoms with Crippen molar-refractivity contribution < 1.29 is 17.9 Å². The molecule has 1 saturated heterocycles. The van der Waals surface area contributed by atoms with E-state index in [9.17, 15) is 13.2 Å². The quantitative estimate of drug-likeness (QED) is 0.593. The lowest BCUT2D eigenvalue weighted by Crippen LogP contribution is -2.41. The first-order chi connectivity index (χ1) is 12.3. The molecule has 0 spiro atoms. The summed E-state index contributed by atoms with van der Waals surface area (Å²) in [6.45, 7) is 5.07. The van der Waals surface area contributed by atoms with Gasteiger partial charge >= 0.3 is 0 Å². The van der Waals surface area contributed by atoms with Crippen molar-refractivity contribution in [3.63, 3.8) is 0 Å². The Bertz CT molecular complexity index is 720. The van der Waals surface area contributed by atoms with Gasteiger partial charge in [-0.1, -0.05) is 24.9 Å². The number of aryl methyl sites for hydroxylation is 1. The van der Waals surface area contributed by atoms with Gasteiger partial charge in [0.05, 0.1) is 18.1 Å².